The molecule has 2 aromatic rings. The molecule has 1 N–H and O–H groups in total. The second-order valence-corrected chi connectivity index (χ2v) is 6.20. The first-order valence-electron chi connectivity index (χ1n) is 4.88. The van der Waals surface area contributed by atoms with Gasteiger partial charge in [0.1, 0.15) is 6.10 Å². The Labute approximate surface area is 119 Å². The lowest BCUT2D eigenvalue weighted by atomic mass is 10.1. The average molecular weight is 308 g/mol. The lowest BCUT2D eigenvalue weighted by Gasteiger charge is -2.11. The van der Waals surface area contributed by atoms with E-state index in [0.29, 0.717) is 19.9 Å². The Bertz CT molecular complexity index is 531. The molecule has 0 saturated heterocycles. The topological polar surface area (TPSA) is 20.2 Å². The Morgan fingerprint density at radius 3 is 2.47 bits per heavy atom. The van der Waals surface area contributed by atoms with E-state index in [1.165, 1.54) is 11.3 Å². The lowest BCUT2D eigenvalue weighted by Crippen LogP contribution is -1.98. The molecule has 0 fully saturated rings. The van der Waals surface area contributed by atoms with Crippen molar-refractivity contribution in [2.45, 2.75) is 13.0 Å². The van der Waals surface area contributed by atoms with Crippen LogP contribution in [0.4, 0.5) is 0 Å². The summed E-state index contributed by atoms with van der Waals surface area (Å²) in [6, 6.07) is 6.88. The van der Waals surface area contributed by atoms with E-state index in [-0.39, 0.29) is 0 Å². The van der Waals surface area contributed by atoms with Crippen LogP contribution in [0.2, 0.25) is 14.4 Å². The summed E-state index contributed by atoms with van der Waals surface area (Å²) in [4.78, 5) is 0.761. The van der Waals surface area contributed by atoms with Gasteiger partial charge in [0.15, 0.2) is 0 Å². The van der Waals surface area contributed by atoms with Crippen molar-refractivity contribution in [1.29, 1.82) is 0 Å². The van der Waals surface area contributed by atoms with E-state index < -0.39 is 6.10 Å². The van der Waals surface area contributed by atoms with Crippen molar-refractivity contribution in [3.05, 3.63) is 54.7 Å². The lowest BCUT2D eigenvalue weighted by molar-refractivity contribution is 0.224. The minimum absolute atomic E-state index is 0.490. The quantitative estimate of drug-likeness (QED) is 0.818. The fourth-order valence-corrected chi connectivity index (χ4v) is 3.12. The number of rotatable bonds is 2. The predicted octanol–water partition coefficient (Wildman–Crippen LogP) is 5.10. The summed E-state index contributed by atoms with van der Waals surface area (Å²) in [5.41, 5.74) is 1.54. The molecule has 0 bridgehead atoms. The van der Waals surface area contributed by atoms with Gasteiger partial charge in [-0.05, 0) is 36.8 Å². The highest BCUT2D eigenvalue weighted by Gasteiger charge is 2.17. The maximum Gasteiger partial charge on any atom is 0.115 e. The number of aryl methyl sites for hydroxylation is 1. The van der Waals surface area contributed by atoms with E-state index in [1.54, 1.807) is 18.2 Å². The predicted molar refractivity (Wildman–Crippen MR) is 74.6 cm³/mol. The number of thiophene rings is 1. The van der Waals surface area contributed by atoms with Crippen molar-refractivity contribution in [2.75, 3.05) is 0 Å². The third-order valence-electron chi connectivity index (χ3n) is 2.40. The Morgan fingerprint density at radius 1 is 1.18 bits per heavy atom. The molecule has 1 aromatic carbocycles. The van der Waals surface area contributed by atoms with Crippen molar-refractivity contribution in [3.63, 3.8) is 0 Å². The fraction of sp³-hybridized carbons (Fsp3) is 0.167. The maximum atomic E-state index is 10.2. The molecule has 0 aliphatic carbocycles. The molecule has 1 nitrogen and oxygen atoms in total. The summed E-state index contributed by atoms with van der Waals surface area (Å²) in [6.45, 7) is 1.90. The van der Waals surface area contributed by atoms with Crippen LogP contribution < -0.4 is 0 Å². The van der Waals surface area contributed by atoms with Gasteiger partial charge in [0.05, 0.1) is 4.34 Å². The summed E-state index contributed by atoms with van der Waals surface area (Å²) in [5, 5.41) is 11.3. The van der Waals surface area contributed by atoms with E-state index in [0.717, 1.165) is 10.4 Å². The van der Waals surface area contributed by atoms with Gasteiger partial charge in [0.25, 0.3) is 0 Å². The van der Waals surface area contributed by atoms with Crippen molar-refractivity contribution in [2.24, 2.45) is 0 Å². The molecule has 5 heteroatoms. The molecule has 0 radical (unpaired) electrons. The van der Waals surface area contributed by atoms with Crippen LogP contribution in [0.1, 0.15) is 22.1 Å². The standard InChI is InChI=1S/C12H9Cl3OS/c1-6-4-10(17-12(6)15)11(16)8-5-7(13)2-3-9(8)14/h2-5,11,16H,1H3. The zero-order valence-electron chi connectivity index (χ0n) is 8.88. The largest absolute Gasteiger partial charge is 0.383 e. The van der Waals surface area contributed by atoms with Crippen molar-refractivity contribution < 1.29 is 5.11 Å². The van der Waals surface area contributed by atoms with Crippen LogP contribution in [-0.4, -0.2) is 5.11 Å². The summed E-state index contributed by atoms with van der Waals surface area (Å²) in [6.07, 6.45) is -0.794. The smallest absolute Gasteiger partial charge is 0.115 e. The maximum absolute atomic E-state index is 10.2. The fourth-order valence-electron chi connectivity index (χ4n) is 1.50. The molecule has 1 atom stereocenters. The summed E-state index contributed by atoms with van der Waals surface area (Å²) in [7, 11) is 0. The molecule has 0 saturated carbocycles. The monoisotopic (exact) mass is 306 g/mol. The number of benzene rings is 1. The van der Waals surface area contributed by atoms with E-state index in [1.807, 2.05) is 13.0 Å². The SMILES string of the molecule is Cc1cc(C(O)c2cc(Cl)ccc2Cl)sc1Cl. The normalized spacial score (nSPS) is 12.8. The van der Waals surface area contributed by atoms with E-state index in [4.69, 9.17) is 34.8 Å². The zero-order valence-corrected chi connectivity index (χ0v) is 12.0. The Balaban J connectivity index is 2.42. The Morgan fingerprint density at radius 2 is 1.88 bits per heavy atom. The Kier molecular flexibility index (Phi) is 4.01. The molecule has 90 valence electrons. The number of halogens is 3. The number of aliphatic hydroxyl groups excluding tert-OH is 1. The third-order valence-corrected chi connectivity index (χ3v) is 4.59. The van der Waals surface area contributed by atoms with Crippen LogP contribution in [0, 0.1) is 6.92 Å². The summed E-state index contributed by atoms with van der Waals surface area (Å²) >= 11 is 19.3. The van der Waals surface area contributed by atoms with Crippen molar-refractivity contribution in [1.82, 2.24) is 0 Å². The first kappa shape index (κ1) is 13.2. The molecule has 1 heterocycles. The summed E-state index contributed by atoms with van der Waals surface area (Å²) in [5.74, 6) is 0. The van der Waals surface area contributed by atoms with Crippen molar-refractivity contribution in [3.8, 4) is 0 Å². The van der Waals surface area contributed by atoms with Gasteiger partial charge in [-0.25, -0.2) is 0 Å². The highest BCUT2D eigenvalue weighted by atomic mass is 35.5. The Hall–Kier alpha value is -0.250. The number of hydrogen-bond acceptors (Lipinski definition) is 2. The van der Waals surface area contributed by atoms with E-state index in [2.05, 4.69) is 0 Å². The van der Waals surface area contributed by atoms with Crippen LogP contribution in [0.15, 0.2) is 24.3 Å². The minimum atomic E-state index is -0.794. The second-order valence-electron chi connectivity index (χ2n) is 3.67. The van der Waals surface area contributed by atoms with Crippen LogP contribution in [-0.2, 0) is 0 Å². The van der Waals surface area contributed by atoms with Gasteiger partial charge < -0.3 is 5.11 Å². The number of hydrogen-bond donors (Lipinski definition) is 1. The molecule has 0 aliphatic heterocycles. The molecule has 17 heavy (non-hydrogen) atoms. The van der Waals surface area contributed by atoms with Gasteiger partial charge in [-0.1, -0.05) is 34.8 Å². The average Bonchev–Trinajstić information content (AvgIpc) is 2.62. The first-order chi connectivity index (χ1) is 7.99. The van der Waals surface area contributed by atoms with Gasteiger partial charge in [-0.15, -0.1) is 11.3 Å². The van der Waals surface area contributed by atoms with Gasteiger partial charge in [-0.2, -0.15) is 0 Å². The second kappa shape index (κ2) is 5.17. The van der Waals surface area contributed by atoms with Crippen molar-refractivity contribution >= 4 is 46.1 Å². The molecule has 2 rings (SSSR count). The highest BCUT2D eigenvalue weighted by Crippen LogP contribution is 2.37. The van der Waals surface area contributed by atoms with Gasteiger partial charge >= 0.3 is 0 Å². The molecule has 0 amide bonds. The van der Waals surface area contributed by atoms with Gasteiger partial charge in [-0.3, -0.25) is 0 Å². The van der Waals surface area contributed by atoms with E-state index in [9.17, 15) is 5.11 Å². The molecular formula is C12H9Cl3OS. The zero-order chi connectivity index (χ0) is 12.6. The van der Waals surface area contributed by atoms with Crippen LogP contribution in [0.5, 0.6) is 0 Å². The molecule has 0 spiro atoms. The molecule has 1 aromatic heterocycles. The molecular weight excluding hydrogens is 299 g/mol. The minimum Gasteiger partial charge on any atom is -0.383 e. The summed E-state index contributed by atoms with van der Waals surface area (Å²) < 4.78 is 0.678. The molecule has 0 aliphatic rings. The molecule has 1 unspecified atom stereocenters. The van der Waals surface area contributed by atoms with Gasteiger partial charge in [0.2, 0.25) is 0 Å². The van der Waals surface area contributed by atoms with Crippen LogP contribution in [0.25, 0.3) is 0 Å². The van der Waals surface area contributed by atoms with Crippen LogP contribution >= 0.6 is 46.1 Å². The first-order valence-corrected chi connectivity index (χ1v) is 6.83. The number of aliphatic hydroxyl groups is 1. The van der Waals surface area contributed by atoms with Gasteiger partial charge in [0, 0.05) is 20.5 Å². The third kappa shape index (κ3) is 2.78. The van der Waals surface area contributed by atoms with E-state index >= 15 is 0 Å². The van der Waals surface area contributed by atoms with Crippen LogP contribution in [0.3, 0.4) is 0 Å². The highest BCUT2D eigenvalue weighted by molar-refractivity contribution is 7.16.